The minimum atomic E-state index is 0.00978. The second kappa shape index (κ2) is 15.9. The minimum absolute atomic E-state index is 0.00978. The summed E-state index contributed by atoms with van der Waals surface area (Å²) in [7, 11) is 0. The van der Waals surface area contributed by atoms with E-state index in [-0.39, 0.29) is 5.92 Å². The summed E-state index contributed by atoms with van der Waals surface area (Å²) < 4.78 is 25.5. The Hall–Kier alpha value is -4.72. The number of benzene rings is 4. The molecule has 0 aromatic heterocycles. The molecule has 1 aliphatic carbocycles. The third-order valence-corrected chi connectivity index (χ3v) is 8.53. The zero-order valence-electron chi connectivity index (χ0n) is 29.0. The van der Waals surface area contributed by atoms with Crippen molar-refractivity contribution in [3.8, 4) is 23.0 Å². The molecule has 0 spiro atoms. The first-order valence-electron chi connectivity index (χ1n) is 17.4. The van der Waals surface area contributed by atoms with Gasteiger partial charge in [-0.1, -0.05) is 27.7 Å². The van der Waals surface area contributed by atoms with Crippen LogP contribution in [0.3, 0.4) is 0 Å². The monoisotopic (exact) mass is 652 g/mol. The van der Waals surface area contributed by atoms with E-state index in [1.54, 1.807) is 0 Å². The van der Waals surface area contributed by atoms with Crippen molar-refractivity contribution in [3.63, 3.8) is 0 Å². The zero-order valence-corrected chi connectivity index (χ0v) is 29.0. The van der Waals surface area contributed by atoms with Gasteiger partial charge in [-0.15, -0.1) is 0 Å². The summed E-state index contributed by atoms with van der Waals surface area (Å²) in [6, 6.07) is 17.9. The van der Waals surface area contributed by atoms with Gasteiger partial charge >= 0.3 is 0 Å². The second-order valence-corrected chi connectivity index (χ2v) is 12.7. The van der Waals surface area contributed by atoms with Gasteiger partial charge in [0.2, 0.25) is 0 Å². The number of nitrogens with two attached hydrogens (primary N) is 4. The Bertz CT molecular complexity index is 1720. The quantitative estimate of drug-likeness (QED) is 0.0840. The van der Waals surface area contributed by atoms with E-state index in [4.69, 9.17) is 41.9 Å². The summed E-state index contributed by atoms with van der Waals surface area (Å²) in [5.74, 6) is 3.41. The molecule has 0 saturated heterocycles. The van der Waals surface area contributed by atoms with Crippen molar-refractivity contribution in [2.45, 2.75) is 78.6 Å². The molecular weight excluding hydrogens is 600 g/mol. The Balaban J connectivity index is 1.59. The maximum absolute atomic E-state index is 6.67. The highest BCUT2D eigenvalue weighted by Gasteiger charge is 2.33. The van der Waals surface area contributed by atoms with Gasteiger partial charge in [0, 0.05) is 74.9 Å². The molecule has 256 valence electrons. The average Bonchev–Trinajstić information content (AvgIpc) is 3.26. The lowest BCUT2D eigenvalue weighted by atomic mass is 9.88. The van der Waals surface area contributed by atoms with Gasteiger partial charge in [0.1, 0.15) is 23.0 Å². The highest BCUT2D eigenvalue weighted by Crippen LogP contribution is 2.50. The Labute approximate surface area is 285 Å². The lowest BCUT2D eigenvalue weighted by Gasteiger charge is -2.23. The van der Waals surface area contributed by atoms with Crippen molar-refractivity contribution < 1.29 is 18.9 Å². The molecule has 1 aliphatic rings. The molecule has 8 nitrogen and oxygen atoms in total. The fraction of sp³-hybridized carbons (Fsp3) is 0.400. The number of ether oxygens (including phenoxy) is 4. The van der Waals surface area contributed by atoms with Gasteiger partial charge in [-0.25, -0.2) is 0 Å². The first kappa shape index (κ1) is 34.6. The van der Waals surface area contributed by atoms with E-state index in [0.717, 1.165) is 99.7 Å². The average molecular weight is 653 g/mol. The lowest BCUT2D eigenvalue weighted by molar-refractivity contribution is 0.306. The van der Waals surface area contributed by atoms with Crippen molar-refractivity contribution in [2.75, 3.05) is 49.4 Å². The molecule has 5 rings (SSSR count). The first-order valence-corrected chi connectivity index (χ1v) is 17.4. The Morgan fingerprint density at radius 2 is 0.958 bits per heavy atom. The minimum Gasteiger partial charge on any atom is -0.493 e. The number of hydrogen-bond acceptors (Lipinski definition) is 8. The number of rotatable bonds is 17. The summed E-state index contributed by atoms with van der Waals surface area (Å²) in [5, 5.41) is 0. The standard InChI is InChI=1S/C40H52N4O4/c1-5-11-45-37-10-9-30(41)17-25(37)15-26-18-31(42)19-27(38(26)46-12-6-2)16-28-20-32(43)23-35(39(28)47-13-7-3)34-22-29-21-33(44)24-36(34)40(29)48-14-8-4/h9-10,17-21,23-24,34H,5-8,11-16,22,41-44H2,1-4H3. The fourth-order valence-electron chi connectivity index (χ4n) is 6.58. The van der Waals surface area contributed by atoms with E-state index in [0.29, 0.717) is 56.3 Å². The van der Waals surface area contributed by atoms with Crippen LogP contribution in [0.25, 0.3) is 0 Å². The second-order valence-electron chi connectivity index (χ2n) is 12.7. The summed E-state index contributed by atoms with van der Waals surface area (Å²) in [5.41, 5.74) is 35.8. The van der Waals surface area contributed by atoms with Crippen LogP contribution in [0.4, 0.5) is 22.7 Å². The van der Waals surface area contributed by atoms with Crippen LogP contribution in [0.2, 0.25) is 0 Å². The van der Waals surface area contributed by atoms with Gasteiger partial charge < -0.3 is 41.9 Å². The van der Waals surface area contributed by atoms with E-state index in [1.165, 1.54) is 0 Å². The van der Waals surface area contributed by atoms with Crippen molar-refractivity contribution in [1.82, 2.24) is 0 Å². The third-order valence-electron chi connectivity index (χ3n) is 8.53. The van der Waals surface area contributed by atoms with Crippen molar-refractivity contribution in [1.29, 1.82) is 0 Å². The van der Waals surface area contributed by atoms with E-state index >= 15 is 0 Å². The molecule has 0 fully saturated rings. The van der Waals surface area contributed by atoms with Gasteiger partial charge in [-0.3, -0.25) is 0 Å². The van der Waals surface area contributed by atoms with Crippen LogP contribution in [0.1, 0.15) is 98.2 Å². The SMILES string of the molecule is CCCOc1ccc(N)cc1Cc1cc(N)cc(Cc2cc(N)cc(C3Cc4cc(N)cc3c4OCCC)c2OCCC)c1OCCC. The molecule has 0 radical (unpaired) electrons. The third kappa shape index (κ3) is 7.87. The molecule has 1 unspecified atom stereocenters. The molecule has 0 amide bonds. The molecule has 48 heavy (non-hydrogen) atoms. The summed E-state index contributed by atoms with van der Waals surface area (Å²) in [6.45, 7) is 10.8. The lowest BCUT2D eigenvalue weighted by Crippen LogP contribution is -2.10. The molecule has 0 aliphatic heterocycles. The van der Waals surface area contributed by atoms with E-state index in [2.05, 4.69) is 27.7 Å². The Kier molecular flexibility index (Phi) is 11.5. The molecule has 0 saturated carbocycles. The Morgan fingerprint density at radius 3 is 1.58 bits per heavy atom. The molecule has 8 heteroatoms. The van der Waals surface area contributed by atoms with Crippen LogP contribution in [-0.4, -0.2) is 26.4 Å². The molecule has 1 atom stereocenters. The topological polar surface area (TPSA) is 141 Å². The maximum atomic E-state index is 6.67. The predicted molar refractivity (Wildman–Crippen MR) is 198 cm³/mol. The van der Waals surface area contributed by atoms with Gasteiger partial charge in [0.05, 0.1) is 26.4 Å². The highest BCUT2D eigenvalue weighted by molar-refractivity contribution is 5.66. The number of fused-ring (bicyclic) bond motifs is 2. The van der Waals surface area contributed by atoms with E-state index in [9.17, 15) is 0 Å². The predicted octanol–water partition coefficient (Wildman–Crippen LogP) is 8.04. The van der Waals surface area contributed by atoms with Gasteiger partial charge in [0.15, 0.2) is 0 Å². The van der Waals surface area contributed by atoms with Crippen LogP contribution >= 0.6 is 0 Å². The summed E-state index contributed by atoms with van der Waals surface area (Å²) in [4.78, 5) is 0. The molecule has 8 N–H and O–H groups in total. The van der Waals surface area contributed by atoms with Gasteiger partial charge in [-0.2, -0.15) is 0 Å². The first-order chi connectivity index (χ1) is 23.3. The van der Waals surface area contributed by atoms with Gasteiger partial charge in [0.25, 0.3) is 0 Å². The number of nitrogen functional groups attached to an aromatic ring is 4. The van der Waals surface area contributed by atoms with Crippen LogP contribution < -0.4 is 41.9 Å². The molecule has 0 heterocycles. The molecular formula is C40H52N4O4. The van der Waals surface area contributed by atoms with Crippen LogP contribution in [0, 0.1) is 0 Å². The van der Waals surface area contributed by atoms with E-state index < -0.39 is 0 Å². The number of anilines is 4. The van der Waals surface area contributed by atoms with Crippen molar-refractivity contribution in [2.24, 2.45) is 0 Å². The molecule has 4 aromatic carbocycles. The fourth-order valence-corrected chi connectivity index (χ4v) is 6.58. The molecule has 4 aromatic rings. The van der Waals surface area contributed by atoms with Crippen LogP contribution in [-0.2, 0) is 19.3 Å². The summed E-state index contributed by atoms with van der Waals surface area (Å²) >= 11 is 0. The van der Waals surface area contributed by atoms with Crippen LogP contribution in [0.15, 0.2) is 54.6 Å². The summed E-state index contributed by atoms with van der Waals surface area (Å²) in [6.07, 6.45) is 5.43. The number of hydrogen-bond donors (Lipinski definition) is 4. The normalized spacial score (nSPS) is 13.5. The molecule has 2 bridgehead atoms. The van der Waals surface area contributed by atoms with Crippen molar-refractivity contribution in [3.05, 3.63) is 93.5 Å². The zero-order chi connectivity index (χ0) is 34.2. The Morgan fingerprint density at radius 1 is 0.500 bits per heavy atom. The maximum Gasteiger partial charge on any atom is 0.126 e. The largest absolute Gasteiger partial charge is 0.493 e. The van der Waals surface area contributed by atoms with Crippen molar-refractivity contribution >= 4 is 22.7 Å². The van der Waals surface area contributed by atoms with Gasteiger partial charge in [-0.05, 0) is 92.3 Å². The smallest absolute Gasteiger partial charge is 0.126 e. The highest BCUT2D eigenvalue weighted by atomic mass is 16.5. The van der Waals surface area contributed by atoms with Crippen LogP contribution in [0.5, 0.6) is 23.0 Å². The van der Waals surface area contributed by atoms with E-state index in [1.807, 2.05) is 54.6 Å².